The second-order valence-corrected chi connectivity index (χ2v) is 8.30. The first-order valence-electron chi connectivity index (χ1n) is 11.2. The third-order valence-corrected chi connectivity index (χ3v) is 6.14. The van der Waals surface area contributed by atoms with E-state index < -0.39 is 0 Å². The third kappa shape index (κ3) is 5.85. The van der Waals surface area contributed by atoms with Crippen LogP contribution >= 0.6 is 0 Å². The number of rotatable bonds is 7. The standard InChI is InChI=1S/C25H32N2O4/c28-21-11-14-26(15-12-21)19-23-25(20-7-3-1-4-8-20)27(16-18-31-23)24(29)13-17-30-22-9-5-2-6-10-22/h1-10,21,23,25,28H,11-19H2/t23-,25-/m0/s1. The van der Waals surface area contributed by atoms with Crippen molar-refractivity contribution >= 4 is 5.91 Å². The summed E-state index contributed by atoms with van der Waals surface area (Å²) in [6, 6.07) is 19.6. The molecule has 2 aliphatic rings. The number of nitrogens with zero attached hydrogens (tertiary/aromatic N) is 2. The number of carbonyl (C=O) groups is 1. The summed E-state index contributed by atoms with van der Waals surface area (Å²) in [6.45, 7) is 3.96. The average molecular weight is 425 g/mol. The van der Waals surface area contributed by atoms with Gasteiger partial charge in [0.2, 0.25) is 5.91 Å². The molecule has 166 valence electrons. The minimum Gasteiger partial charge on any atom is -0.493 e. The highest BCUT2D eigenvalue weighted by molar-refractivity contribution is 5.77. The zero-order valence-electron chi connectivity index (χ0n) is 17.9. The van der Waals surface area contributed by atoms with Gasteiger partial charge in [0, 0.05) is 26.2 Å². The number of hydrogen-bond acceptors (Lipinski definition) is 5. The van der Waals surface area contributed by atoms with Crippen LogP contribution in [-0.2, 0) is 9.53 Å². The third-order valence-electron chi connectivity index (χ3n) is 6.14. The van der Waals surface area contributed by atoms with E-state index in [1.54, 1.807) is 0 Å². The molecule has 2 heterocycles. The topological polar surface area (TPSA) is 62.2 Å². The van der Waals surface area contributed by atoms with E-state index in [2.05, 4.69) is 17.0 Å². The number of amides is 1. The summed E-state index contributed by atoms with van der Waals surface area (Å²) in [4.78, 5) is 17.5. The SMILES string of the molecule is O=C(CCOc1ccccc1)N1CCO[C@@H](CN2CCC(O)CC2)[C@@H]1c1ccccc1. The van der Waals surface area contributed by atoms with Crippen LogP contribution in [0.25, 0.3) is 0 Å². The van der Waals surface area contributed by atoms with Gasteiger partial charge in [-0.05, 0) is 30.5 Å². The van der Waals surface area contributed by atoms with Crippen LogP contribution in [-0.4, -0.2) is 72.4 Å². The molecule has 6 nitrogen and oxygen atoms in total. The molecule has 2 atom stereocenters. The van der Waals surface area contributed by atoms with Crippen LogP contribution in [0.15, 0.2) is 60.7 Å². The van der Waals surface area contributed by atoms with Crippen LogP contribution in [0, 0.1) is 0 Å². The van der Waals surface area contributed by atoms with Crippen LogP contribution in [0.4, 0.5) is 0 Å². The summed E-state index contributed by atoms with van der Waals surface area (Å²) in [6.07, 6.45) is 1.63. The van der Waals surface area contributed by atoms with Gasteiger partial charge in [0.15, 0.2) is 0 Å². The Bertz CT molecular complexity index is 809. The number of likely N-dealkylation sites (tertiary alicyclic amines) is 1. The summed E-state index contributed by atoms with van der Waals surface area (Å²) >= 11 is 0. The monoisotopic (exact) mass is 424 g/mol. The highest BCUT2D eigenvalue weighted by Gasteiger charge is 2.37. The number of hydrogen-bond donors (Lipinski definition) is 1. The van der Waals surface area contributed by atoms with E-state index in [1.807, 2.05) is 53.4 Å². The van der Waals surface area contributed by atoms with Crippen LogP contribution in [0.1, 0.15) is 30.9 Å². The Morgan fingerprint density at radius 3 is 2.39 bits per heavy atom. The zero-order valence-corrected chi connectivity index (χ0v) is 17.9. The van der Waals surface area contributed by atoms with Crippen molar-refractivity contribution in [3.8, 4) is 5.75 Å². The van der Waals surface area contributed by atoms with Gasteiger partial charge >= 0.3 is 0 Å². The smallest absolute Gasteiger partial charge is 0.226 e. The molecule has 6 heteroatoms. The van der Waals surface area contributed by atoms with Gasteiger partial charge in [-0.2, -0.15) is 0 Å². The van der Waals surface area contributed by atoms with E-state index in [9.17, 15) is 9.90 Å². The molecule has 2 aromatic carbocycles. The minimum atomic E-state index is -0.198. The van der Waals surface area contributed by atoms with Gasteiger partial charge in [-0.15, -0.1) is 0 Å². The first-order valence-corrected chi connectivity index (χ1v) is 11.2. The number of aliphatic hydroxyl groups is 1. The van der Waals surface area contributed by atoms with Crippen molar-refractivity contribution in [3.05, 3.63) is 66.2 Å². The van der Waals surface area contributed by atoms with E-state index >= 15 is 0 Å². The van der Waals surface area contributed by atoms with Crippen molar-refractivity contribution in [2.24, 2.45) is 0 Å². The summed E-state index contributed by atoms with van der Waals surface area (Å²) in [5, 5.41) is 9.82. The maximum Gasteiger partial charge on any atom is 0.226 e. The summed E-state index contributed by atoms with van der Waals surface area (Å²) in [5.41, 5.74) is 1.10. The summed E-state index contributed by atoms with van der Waals surface area (Å²) < 4.78 is 12.0. The fraction of sp³-hybridized carbons (Fsp3) is 0.480. The van der Waals surface area contributed by atoms with Crippen molar-refractivity contribution in [2.75, 3.05) is 39.4 Å². The molecule has 0 saturated carbocycles. The van der Waals surface area contributed by atoms with Crippen molar-refractivity contribution in [3.63, 3.8) is 0 Å². The first-order chi connectivity index (χ1) is 15.2. The largest absolute Gasteiger partial charge is 0.493 e. The maximum absolute atomic E-state index is 13.2. The van der Waals surface area contributed by atoms with E-state index in [-0.39, 0.29) is 24.2 Å². The van der Waals surface area contributed by atoms with Crippen molar-refractivity contribution < 1.29 is 19.4 Å². The number of ether oxygens (including phenoxy) is 2. The Labute approximate surface area is 184 Å². The number of carbonyl (C=O) groups excluding carboxylic acids is 1. The number of piperidine rings is 1. The lowest BCUT2D eigenvalue weighted by molar-refractivity contribution is -0.149. The molecule has 0 unspecified atom stereocenters. The molecule has 1 amide bonds. The Balaban J connectivity index is 1.43. The number of aliphatic hydroxyl groups excluding tert-OH is 1. The van der Waals surface area contributed by atoms with Gasteiger partial charge < -0.3 is 24.4 Å². The summed E-state index contributed by atoms with van der Waals surface area (Å²) in [7, 11) is 0. The molecular formula is C25H32N2O4. The Hall–Kier alpha value is -2.41. The quantitative estimate of drug-likeness (QED) is 0.741. The molecule has 0 radical (unpaired) electrons. The zero-order chi connectivity index (χ0) is 21.5. The molecule has 2 fully saturated rings. The van der Waals surface area contributed by atoms with Crippen LogP contribution in [0.5, 0.6) is 5.75 Å². The van der Waals surface area contributed by atoms with E-state index in [1.165, 1.54) is 0 Å². The van der Waals surface area contributed by atoms with Gasteiger partial charge in [-0.3, -0.25) is 4.79 Å². The molecule has 31 heavy (non-hydrogen) atoms. The molecule has 0 bridgehead atoms. The number of para-hydroxylation sites is 1. The van der Waals surface area contributed by atoms with Gasteiger partial charge in [0.25, 0.3) is 0 Å². The van der Waals surface area contributed by atoms with E-state index in [4.69, 9.17) is 9.47 Å². The molecule has 1 N–H and O–H groups in total. The van der Waals surface area contributed by atoms with Crippen LogP contribution < -0.4 is 4.74 Å². The molecule has 2 aliphatic heterocycles. The van der Waals surface area contributed by atoms with Gasteiger partial charge in [0.05, 0.1) is 37.9 Å². The Morgan fingerprint density at radius 1 is 1.00 bits per heavy atom. The lowest BCUT2D eigenvalue weighted by Crippen LogP contribution is -2.53. The second kappa shape index (κ2) is 10.8. The number of morpholine rings is 1. The highest BCUT2D eigenvalue weighted by atomic mass is 16.5. The first kappa shape index (κ1) is 21.8. The summed E-state index contributed by atoms with van der Waals surface area (Å²) in [5.74, 6) is 0.870. The fourth-order valence-electron chi connectivity index (χ4n) is 4.48. The lowest BCUT2D eigenvalue weighted by Gasteiger charge is -2.44. The maximum atomic E-state index is 13.2. The van der Waals surface area contributed by atoms with Gasteiger partial charge in [-0.1, -0.05) is 48.5 Å². The second-order valence-electron chi connectivity index (χ2n) is 8.30. The molecule has 0 spiro atoms. The highest BCUT2D eigenvalue weighted by Crippen LogP contribution is 2.31. The van der Waals surface area contributed by atoms with Crippen molar-refractivity contribution in [1.82, 2.24) is 9.80 Å². The predicted octanol–water partition coefficient (Wildman–Crippen LogP) is 2.88. The van der Waals surface area contributed by atoms with Crippen molar-refractivity contribution in [2.45, 2.75) is 37.5 Å². The average Bonchev–Trinajstić information content (AvgIpc) is 2.81. The van der Waals surface area contributed by atoms with Gasteiger partial charge in [-0.25, -0.2) is 0 Å². The molecule has 2 aromatic rings. The number of benzene rings is 2. The van der Waals surface area contributed by atoms with E-state index in [0.717, 1.165) is 43.8 Å². The fourth-order valence-corrected chi connectivity index (χ4v) is 4.48. The molecule has 0 aliphatic carbocycles. The predicted molar refractivity (Wildman–Crippen MR) is 119 cm³/mol. The van der Waals surface area contributed by atoms with Crippen LogP contribution in [0.2, 0.25) is 0 Å². The lowest BCUT2D eigenvalue weighted by atomic mass is 9.96. The Kier molecular flexibility index (Phi) is 7.57. The van der Waals surface area contributed by atoms with E-state index in [0.29, 0.717) is 26.2 Å². The minimum absolute atomic E-state index is 0.0900. The molecule has 2 saturated heterocycles. The molecule has 0 aromatic heterocycles. The normalized spacial score (nSPS) is 22.9. The van der Waals surface area contributed by atoms with Gasteiger partial charge in [0.1, 0.15) is 5.75 Å². The Morgan fingerprint density at radius 2 is 1.68 bits per heavy atom. The van der Waals surface area contributed by atoms with Crippen molar-refractivity contribution in [1.29, 1.82) is 0 Å². The molecular weight excluding hydrogens is 392 g/mol. The van der Waals surface area contributed by atoms with Crippen LogP contribution in [0.3, 0.4) is 0 Å². The molecule has 4 rings (SSSR count).